The number of carbonyl (C=O) groups is 1. The average Bonchev–Trinajstić information content (AvgIpc) is 3.43. The molecule has 3 aromatic heterocycles. The lowest BCUT2D eigenvalue weighted by atomic mass is 10.2. The number of aromatic nitrogens is 6. The van der Waals surface area contributed by atoms with Gasteiger partial charge in [-0.1, -0.05) is 5.10 Å². The summed E-state index contributed by atoms with van der Waals surface area (Å²) in [5, 5.41) is 10.2. The number of imidazole rings is 1. The van der Waals surface area contributed by atoms with Crippen LogP contribution in [0.15, 0.2) is 38.5 Å². The molecule has 1 amide bonds. The number of methoxy groups -OCH3 is 2. The third-order valence-electron chi connectivity index (χ3n) is 4.84. The first-order valence-corrected chi connectivity index (χ1v) is 9.30. The van der Waals surface area contributed by atoms with Crippen molar-refractivity contribution in [1.82, 2.24) is 28.9 Å². The summed E-state index contributed by atoms with van der Waals surface area (Å²) in [5.74, 6) is 0.654. The number of hydrogen-bond acceptors (Lipinski definition) is 9. The van der Waals surface area contributed by atoms with Crippen LogP contribution in [0, 0.1) is 0 Å². The Bertz CT molecular complexity index is 1440. The summed E-state index contributed by atoms with van der Waals surface area (Å²) in [6.45, 7) is -0.256. The van der Waals surface area contributed by atoms with Crippen molar-refractivity contribution < 1.29 is 18.7 Å². The number of aryl methyl sites for hydroxylation is 1. The Balaban J connectivity index is 1.56. The molecule has 166 valence electrons. The molecule has 13 nitrogen and oxygen atoms in total. The van der Waals surface area contributed by atoms with Gasteiger partial charge in [-0.2, -0.15) is 0 Å². The van der Waals surface area contributed by atoms with E-state index in [4.69, 9.17) is 13.9 Å². The zero-order chi connectivity index (χ0) is 23.0. The maximum atomic E-state index is 12.5. The predicted molar refractivity (Wildman–Crippen MR) is 112 cm³/mol. The SMILES string of the molecule is COc1ccc(-c2nnc(NC(=O)Cn3cnc4c3c(=O)n(C)c(=O)n4C)o2)c(OC)c1. The van der Waals surface area contributed by atoms with Crippen molar-refractivity contribution >= 4 is 23.1 Å². The van der Waals surface area contributed by atoms with Crippen LogP contribution in [0.2, 0.25) is 0 Å². The van der Waals surface area contributed by atoms with Crippen molar-refractivity contribution in [1.29, 1.82) is 0 Å². The second kappa shape index (κ2) is 8.02. The normalized spacial score (nSPS) is 11.0. The highest BCUT2D eigenvalue weighted by Crippen LogP contribution is 2.33. The maximum Gasteiger partial charge on any atom is 0.332 e. The number of amides is 1. The smallest absolute Gasteiger partial charge is 0.332 e. The Morgan fingerprint density at radius 3 is 2.62 bits per heavy atom. The fourth-order valence-electron chi connectivity index (χ4n) is 3.19. The van der Waals surface area contributed by atoms with E-state index in [-0.39, 0.29) is 29.6 Å². The Morgan fingerprint density at radius 1 is 1.12 bits per heavy atom. The first-order valence-electron chi connectivity index (χ1n) is 9.30. The number of carbonyl (C=O) groups excluding carboxylic acids is 1. The number of nitrogens with zero attached hydrogens (tertiary/aromatic N) is 6. The molecule has 4 rings (SSSR count). The van der Waals surface area contributed by atoms with E-state index in [0.29, 0.717) is 17.1 Å². The molecule has 0 aliphatic carbocycles. The quantitative estimate of drug-likeness (QED) is 0.441. The molecule has 0 saturated heterocycles. The van der Waals surface area contributed by atoms with Gasteiger partial charge < -0.3 is 18.5 Å². The fourth-order valence-corrected chi connectivity index (χ4v) is 3.19. The minimum Gasteiger partial charge on any atom is -0.497 e. The monoisotopic (exact) mass is 441 g/mol. The van der Waals surface area contributed by atoms with Crippen LogP contribution in [0.5, 0.6) is 11.5 Å². The number of benzene rings is 1. The standard InChI is InChI=1S/C19H19N7O6/c1-24-15-14(17(28)25(2)19(24)29)26(9-20-15)8-13(27)21-18-23-22-16(32-18)11-6-5-10(30-3)7-12(11)31-4/h5-7,9H,8H2,1-4H3,(H,21,23,27). The summed E-state index contributed by atoms with van der Waals surface area (Å²) in [6.07, 6.45) is 1.31. The van der Waals surface area contributed by atoms with E-state index in [2.05, 4.69) is 20.5 Å². The van der Waals surface area contributed by atoms with Gasteiger partial charge in [0.1, 0.15) is 18.0 Å². The second-order valence-electron chi connectivity index (χ2n) is 6.78. The van der Waals surface area contributed by atoms with Crippen LogP contribution in [0.3, 0.4) is 0 Å². The minimum atomic E-state index is -0.555. The zero-order valence-corrected chi connectivity index (χ0v) is 17.6. The largest absolute Gasteiger partial charge is 0.497 e. The number of fused-ring (bicyclic) bond motifs is 1. The minimum absolute atomic E-state index is 0.124. The summed E-state index contributed by atoms with van der Waals surface area (Å²) >= 11 is 0. The zero-order valence-electron chi connectivity index (χ0n) is 17.6. The maximum absolute atomic E-state index is 12.5. The van der Waals surface area contributed by atoms with E-state index < -0.39 is 17.2 Å². The molecular weight excluding hydrogens is 422 g/mol. The topological polar surface area (TPSA) is 148 Å². The molecule has 0 unspecified atom stereocenters. The third kappa shape index (κ3) is 3.49. The molecule has 0 saturated carbocycles. The Labute approximate surface area is 179 Å². The van der Waals surface area contributed by atoms with Crippen LogP contribution >= 0.6 is 0 Å². The Morgan fingerprint density at radius 2 is 1.91 bits per heavy atom. The van der Waals surface area contributed by atoms with Crippen LogP contribution in [0.25, 0.3) is 22.6 Å². The molecule has 1 aromatic carbocycles. The summed E-state index contributed by atoms with van der Waals surface area (Å²) in [7, 11) is 5.88. The van der Waals surface area contributed by atoms with Crippen molar-refractivity contribution in [2.24, 2.45) is 14.1 Å². The third-order valence-corrected chi connectivity index (χ3v) is 4.84. The van der Waals surface area contributed by atoms with Gasteiger partial charge in [0.05, 0.1) is 26.1 Å². The number of anilines is 1. The molecule has 0 bridgehead atoms. The van der Waals surface area contributed by atoms with Gasteiger partial charge in [-0.3, -0.25) is 24.0 Å². The number of hydrogen-bond donors (Lipinski definition) is 1. The summed E-state index contributed by atoms with van der Waals surface area (Å²) < 4.78 is 19.5. The summed E-state index contributed by atoms with van der Waals surface area (Å²) in [4.78, 5) is 41.1. The van der Waals surface area contributed by atoms with Crippen LogP contribution in [-0.2, 0) is 25.4 Å². The predicted octanol–water partition coefficient (Wildman–Crippen LogP) is 0.140. The van der Waals surface area contributed by atoms with Crippen molar-refractivity contribution in [3.05, 3.63) is 45.4 Å². The van der Waals surface area contributed by atoms with Crippen LogP contribution in [0.1, 0.15) is 0 Å². The lowest BCUT2D eigenvalue weighted by Gasteiger charge is -2.07. The molecular formula is C19H19N7O6. The molecule has 32 heavy (non-hydrogen) atoms. The molecule has 4 aromatic rings. The van der Waals surface area contributed by atoms with E-state index in [1.807, 2.05) is 0 Å². The highest BCUT2D eigenvalue weighted by molar-refractivity contribution is 5.89. The van der Waals surface area contributed by atoms with Gasteiger partial charge in [0.2, 0.25) is 5.91 Å². The van der Waals surface area contributed by atoms with Crippen LogP contribution in [0.4, 0.5) is 6.01 Å². The highest BCUT2D eigenvalue weighted by Gasteiger charge is 2.18. The molecule has 0 atom stereocenters. The highest BCUT2D eigenvalue weighted by atomic mass is 16.5. The van der Waals surface area contributed by atoms with Gasteiger partial charge in [-0.25, -0.2) is 9.78 Å². The molecule has 0 spiro atoms. The van der Waals surface area contributed by atoms with Crippen molar-refractivity contribution in [2.45, 2.75) is 6.54 Å². The van der Waals surface area contributed by atoms with Gasteiger partial charge >= 0.3 is 11.7 Å². The van der Waals surface area contributed by atoms with E-state index in [9.17, 15) is 14.4 Å². The van der Waals surface area contributed by atoms with E-state index in [0.717, 1.165) is 4.57 Å². The summed E-state index contributed by atoms with van der Waals surface area (Å²) in [6, 6.07) is 4.93. The first-order chi connectivity index (χ1) is 15.3. The molecule has 13 heteroatoms. The lowest BCUT2D eigenvalue weighted by Crippen LogP contribution is -2.37. The number of rotatable bonds is 6. The van der Waals surface area contributed by atoms with Gasteiger partial charge in [0.15, 0.2) is 11.2 Å². The van der Waals surface area contributed by atoms with E-state index >= 15 is 0 Å². The van der Waals surface area contributed by atoms with Gasteiger partial charge in [0, 0.05) is 20.2 Å². The molecule has 0 aliphatic heterocycles. The lowest BCUT2D eigenvalue weighted by molar-refractivity contribution is -0.116. The Kier molecular flexibility index (Phi) is 5.22. The molecule has 3 heterocycles. The Hall–Kier alpha value is -4.42. The second-order valence-corrected chi connectivity index (χ2v) is 6.78. The van der Waals surface area contributed by atoms with Gasteiger partial charge in [0.25, 0.3) is 11.4 Å². The fraction of sp³-hybridized carbons (Fsp3) is 0.263. The van der Waals surface area contributed by atoms with Crippen LogP contribution < -0.4 is 26.0 Å². The molecule has 0 fully saturated rings. The van der Waals surface area contributed by atoms with E-state index in [1.54, 1.807) is 18.2 Å². The van der Waals surface area contributed by atoms with E-state index in [1.165, 1.54) is 43.8 Å². The number of nitrogens with one attached hydrogen (secondary N) is 1. The number of ether oxygens (including phenoxy) is 2. The van der Waals surface area contributed by atoms with Crippen LogP contribution in [-0.4, -0.2) is 49.0 Å². The van der Waals surface area contributed by atoms with Crippen molar-refractivity contribution in [2.75, 3.05) is 19.5 Å². The van der Waals surface area contributed by atoms with Gasteiger partial charge in [-0.15, -0.1) is 5.10 Å². The first kappa shape index (κ1) is 20.8. The molecule has 0 aliphatic rings. The van der Waals surface area contributed by atoms with Crippen molar-refractivity contribution in [3.63, 3.8) is 0 Å². The average molecular weight is 441 g/mol. The van der Waals surface area contributed by atoms with Crippen molar-refractivity contribution in [3.8, 4) is 23.0 Å². The molecule has 1 N–H and O–H groups in total. The summed E-state index contributed by atoms with van der Waals surface area (Å²) in [5.41, 5.74) is -0.243. The molecule has 0 radical (unpaired) electrons. The van der Waals surface area contributed by atoms with Gasteiger partial charge in [-0.05, 0) is 12.1 Å².